The SMILES string of the molecule is O=Cc1c(-c2ccc(-c3ccccc3)cc2)[nH]c2ccc(S(=O)(=O)N3CCCCCC3)cc12. The summed E-state index contributed by atoms with van der Waals surface area (Å²) >= 11 is 0. The lowest BCUT2D eigenvalue weighted by Crippen LogP contribution is -2.31. The molecular formula is C27H26N2O3S. The molecule has 4 aromatic rings. The first-order valence-corrected chi connectivity index (χ1v) is 12.8. The maximum Gasteiger partial charge on any atom is 0.243 e. The van der Waals surface area contributed by atoms with Crippen molar-refractivity contribution in [1.29, 1.82) is 0 Å². The summed E-state index contributed by atoms with van der Waals surface area (Å²) in [4.78, 5) is 15.7. The van der Waals surface area contributed by atoms with Crippen LogP contribution in [0.1, 0.15) is 36.0 Å². The zero-order valence-electron chi connectivity index (χ0n) is 18.3. The molecule has 2 heterocycles. The molecule has 1 aliphatic heterocycles. The van der Waals surface area contributed by atoms with E-state index >= 15 is 0 Å². The van der Waals surface area contributed by atoms with Gasteiger partial charge >= 0.3 is 0 Å². The van der Waals surface area contributed by atoms with E-state index in [9.17, 15) is 13.2 Å². The monoisotopic (exact) mass is 458 g/mol. The van der Waals surface area contributed by atoms with Gasteiger partial charge in [-0.1, -0.05) is 67.4 Å². The highest BCUT2D eigenvalue weighted by Crippen LogP contribution is 2.33. The molecule has 5 nitrogen and oxygen atoms in total. The van der Waals surface area contributed by atoms with Crippen molar-refractivity contribution in [2.24, 2.45) is 0 Å². The Morgan fingerprint density at radius 2 is 1.39 bits per heavy atom. The second-order valence-electron chi connectivity index (χ2n) is 8.50. The van der Waals surface area contributed by atoms with Crippen LogP contribution in [-0.4, -0.2) is 37.1 Å². The Hall–Kier alpha value is -3.22. The molecule has 1 saturated heterocycles. The lowest BCUT2D eigenvalue weighted by atomic mass is 10.0. The number of aromatic nitrogens is 1. The average Bonchev–Trinajstić information content (AvgIpc) is 3.01. The summed E-state index contributed by atoms with van der Waals surface area (Å²) in [6.07, 6.45) is 4.69. The van der Waals surface area contributed by atoms with Crippen molar-refractivity contribution in [3.8, 4) is 22.4 Å². The lowest BCUT2D eigenvalue weighted by Gasteiger charge is -2.20. The molecule has 1 aliphatic rings. The molecule has 6 heteroatoms. The van der Waals surface area contributed by atoms with Crippen LogP contribution in [0.25, 0.3) is 33.3 Å². The molecule has 3 aromatic carbocycles. The zero-order valence-corrected chi connectivity index (χ0v) is 19.1. The second kappa shape index (κ2) is 8.96. The molecule has 0 unspecified atom stereocenters. The average molecular weight is 459 g/mol. The van der Waals surface area contributed by atoms with Crippen LogP contribution >= 0.6 is 0 Å². The van der Waals surface area contributed by atoms with Gasteiger partial charge in [-0.25, -0.2) is 8.42 Å². The summed E-state index contributed by atoms with van der Waals surface area (Å²) in [5.74, 6) is 0. The van der Waals surface area contributed by atoms with Crippen molar-refractivity contribution in [2.45, 2.75) is 30.6 Å². The highest BCUT2D eigenvalue weighted by atomic mass is 32.2. The van der Waals surface area contributed by atoms with Crippen LogP contribution in [0, 0.1) is 0 Å². The van der Waals surface area contributed by atoms with Gasteiger partial charge in [0.25, 0.3) is 0 Å². The molecule has 0 amide bonds. The van der Waals surface area contributed by atoms with Crippen LogP contribution in [0.4, 0.5) is 0 Å². The number of benzene rings is 3. The number of carbonyl (C=O) groups is 1. The highest BCUT2D eigenvalue weighted by molar-refractivity contribution is 7.89. The molecule has 0 bridgehead atoms. The minimum absolute atomic E-state index is 0.241. The molecule has 0 spiro atoms. The van der Waals surface area contributed by atoms with Crippen LogP contribution in [0.15, 0.2) is 77.7 Å². The summed E-state index contributed by atoms with van der Waals surface area (Å²) in [5.41, 5.74) is 5.02. The Morgan fingerprint density at radius 3 is 2.06 bits per heavy atom. The molecule has 33 heavy (non-hydrogen) atoms. The van der Waals surface area contributed by atoms with Gasteiger partial charge in [0.1, 0.15) is 0 Å². The van der Waals surface area contributed by atoms with Gasteiger partial charge in [0, 0.05) is 29.6 Å². The number of sulfonamides is 1. The van der Waals surface area contributed by atoms with Crippen LogP contribution in [0.5, 0.6) is 0 Å². The first-order chi connectivity index (χ1) is 16.1. The van der Waals surface area contributed by atoms with Crippen molar-refractivity contribution in [3.63, 3.8) is 0 Å². The maximum absolute atomic E-state index is 13.3. The summed E-state index contributed by atoms with van der Waals surface area (Å²) < 4.78 is 28.1. The van der Waals surface area contributed by atoms with E-state index in [1.165, 1.54) is 0 Å². The molecule has 168 valence electrons. The first kappa shape index (κ1) is 21.6. The van der Waals surface area contributed by atoms with Gasteiger partial charge in [-0.2, -0.15) is 4.31 Å². The number of nitrogens with zero attached hydrogens (tertiary/aromatic N) is 1. The molecule has 1 N–H and O–H groups in total. The van der Waals surface area contributed by atoms with Crippen molar-refractivity contribution >= 4 is 27.2 Å². The smallest absolute Gasteiger partial charge is 0.243 e. The Balaban J connectivity index is 1.53. The third-order valence-electron chi connectivity index (χ3n) is 6.41. The van der Waals surface area contributed by atoms with Gasteiger partial charge < -0.3 is 4.98 Å². The molecule has 0 saturated carbocycles. The van der Waals surface area contributed by atoms with Crippen LogP contribution in [0.3, 0.4) is 0 Å². The summed E-state index contributed by atoms with van der Waals surface area (Å²) in [5, 5.41) is 0.628. The van der Waals surface area contributed by atoms with Crippen LogP contribution in [-0.2, 0) is 10.0 Å². The Bertz CT molecular complexity index is 1380. The third kappa shape index (κ3) is 4.12. The maximum atomic E-state index is 13.3. The Morgan fingerprint density at radius 1 is 0.758 bits per heavy atom. The highest BCUT2D eigenvalue weighted by Gasteiger charge is 2.26. The number of aromatic amines is 1. The summed E-state index contributed by atoms with van der Waals surface area (Å²) in [6.45, 7) is 1.10. The predicted octanol–water partition coefficient (Wildman–Crippen LogP) is 5.88. The van der Waals surface area contributed by atoms with Gasteiger partial charge in [-0.15, -0.1) is 0 Å². The topological polar surface area (TPSA) is 70.2 Å². The normalized spacial score (nSPS) is 15.4. The fraction of sp³-hybridized carbons (Fsp3) is 0.222. The lowest BCUT2D eigenvalue weighted by molar-refractivity contribution is 0.112. The van der Waals surface area contributed by atoms with Gasteiger partial charge in [0.15, 0.2) is 6.29 Å². The number of H-pyrrole nitrogens is 1. The quantitative estimate of drug-likeness (QED) is 0.380. The van der Waals surface area contributed by atoms with E-state index in [0.29, 0.717) is 29.7 Å². The van der Waals surface area contributed by atoms with E-state index in [1.54, 1.807) is 22.5 Å². The summed E-state index contributed by atoms with van der Waals surface area (Å²) in [7, 11) is -3.59. The molecule has 0 atom stereocenters. The number of hydrogen-bond donors (Lipinski definition) is 1. The van der Waals surface area contributed by atoms with Crippen molar-refractivity contribution in [3.05, 3.63) is 78.4 Å². The van der Waals surface area contributed by atoms with E-state index in [4.69, 9.17) is 0 Å². The first-order valence-electron chi connectivity index (χ1n) is 11.3. The Labute approximate surface area is 194 Å². The van der Waals surface area contributed by atoms with Gasteiger partial charge in [-0.05, 0) is 47.7 Å². The predicted molar refractivity (Wildman–Crippen MR) is 132 cm³/mol. The van der Waals surface area contributed by atoms with Gasteiger partial charge in [0.2, 0.25) is 10.0 Å². The Kier molecular flexibility index (Phi) is 5.87. The molecule has 1 fully saturated rings. The number of hydrogen-bond acceptors (Lipinski definition) is 3. The number of carbonyl (C=O) groups excluding carboxylic acids is 1. The van der Waals surface area contributed by atoms with E-state index in [0.717, 1.165) is 54.2 Å². The molecule has 0 aliphatic carbocycles. The largest absolute Gasteiger partial charge is 0.354 e. The zero-order chi connectivity index (χ0) is 22.8. The fourth-order valence-corrected chi connectivity index (χ4v) is 6.14. The van der Waals surface area contributed by atoms with Crippen molar-refractivity contribution in [1.82, 2.24) is 9.29 Å². The minimum Gasteiger partial charge on any atom is -0.354 e. The third-order valence-corrected chi connectivity index (χ3v) is 8.31. The van der Waals surface area contributed by atoms with Crippen LogP contribution < -0.4 is 0 Å². The standard InChI is InChI=1S/C27H26N2O3S/c30-19-25-24-18-23(33(31,32)29-16-6-1-2-7-17-29)14-15-26(24)28-27(25)22-12-10-21(11-13-22)20-8-4-3-5-9-20/h3-5,8-15,18-19,28H,1-2,6-7,16-17H2. The number of nitrogens with one attached hydrogen (secondary N) is 1. The molecule has 1 aromatic heterocycles. The van der Waals surface area contributed by atoms with Crippen molar-refractivity contribution < 1.29 is 13.2 Å². The number of aldehydes is 1. The van der Waals surface area contributed by atoms with Crippen molar-refractivity contribution in [2.75, 3.05) is 13.1 Å². The van der Waals surface area contributed by atoms with Gasteiger partial charge in [0.05, 0.1) is 10.6 Å². The number of fused-ring (bicyclic) bond motifs is 1. The number of rotatable bonds is 5. The molecule has 0 radical (unpaired) electrons. The van der Waals surface area contributed by atoms with E-state index in [2.05, 4.69) is 17.1 Å². The van der Waals surface area contributed by atoms with Crippen LogP contribution in [0.2, 0.25) is 0 Å². The second-order valence-corrected chi connectivity index (χ2v) is 10.4. The summed E-state index contributed by atoms with van der Waals surface area (Å²) in [6, 6.07) is 23.2. The molecular weight excluding hydrogens is 432 g/mol. The van der Waals surface area contributed by atoms with E-state index < -0.39 is 10.0 Å². The van der Waals surface area contributed by atoms with E-state index in [1.807, 2.05) is 42.5 Å². The fourth-order valence-electron chi connectivity index (χ4n) is 4.59. The molecule has 5 rings (SSSR count). The van der Waals surface area contributed by atoms with Gasteiger partial charge in [-0.3, -0.25) is 4.79 Å². The van der Waals surface area contributed by atoms with E-state index in [-0.39, 0.29) is 4.90 Å². The minimum atomic E-state index is -3.59.